The highest BCUT2D eigenvalue weighted by Crippen LogP contribution is 2.33. The van der Waals surface area contributed by atoms with Crippen LogP contribution in [0, 0.1) is 20.2 Å². The van der Waals surface area contributed by atoms with Gasteiger partial charge in [-0.1, -0.05) is 108 Å². The Morgan fingerprint density at radius 2 is 0.650 bits per heavy atom. The minimum atomic E-state index is -0.629. The van der Waals surface area contributed by atoms with Gasteiger partial charge in [0.1, 0.15) is 5.56 Å². The van der Waals surface area contributed by atoms with E-state index in [1.54, 1.807) is 140 Å². The van der Waals surface area contributed by atoms with Gasteiger partial charge in [0, 0.05) is 111 Å². The van der Waals surface area contributed by atoms with Gasteiger partial charge in [-0.15, -0.1) is 0 Å². The van der Waals surface area contributed by atoms with Crippen LogP contribution in [0.4, 0.5) is 11.4 Å². The predicted molar refractivity (Wildman–Crippen MR) is 380 cm³/mol. The molecule has 0 heterocycles. The SMILES string of the molecule is NC(=O)CCNC(=O)c1ccccc1SC(=O)c1ccc([N+](=O)[O-])cc1.NC(=O)CCNC(=O)c1ccccc1SC(=O)c1cccc(Cl)c1.NC(=O)CCNC(=O)c1ccccc1SC(=O)c1ccccc1Cl.NC(=O)CCNC(=O)c1ccccc1SC(=O)c1ccccc1[N+](=O)[O-]. The first-order valence-electron chi connectivity index (χ1n) is 29.2. The van der Waals surface area contributed by atoms with Crippen molar-refractivity contribution in [3.63, 3.8) is 0 Å². The number of thioether (sulfide) groups is 4. The second-order valence-electron chi connectivity index (χ2n) is 20.0. The van der Waals surface area contributed by atoms with Gasteiger partial charge in [0.05, 0.1) is 37.1 Å². The normalized spacial score (nSPS) is 10.2. The summed E-state index contributed by atoms with van der Waals surface area (Å²) in [6.07, 6.45) is 0.126. The Labute approximate surface area is 597 Å². The van der Waals surface area contributed by atoms with Crippen LogP contribution in [0.2, 0.25) is 10.0 Å². The third kappa shape index (κ3) is 26.8. The van der Waals surface area contributed by atoms with E-state index >= 15 is 0 Å². The molecule has 0 spiro atoms. The minimum absolute atomic E-state index is 0.00378. The lowest BCUT2D eigenvalue weighted by atomic mass is 10.2. The van der Waals surface area contributed by atoms with Gasteiger partial charge in [-0.3, -0.25) is 77.8 Å². The summed E-state index contributed by atoms with van der Waals surface area (Å²) in [5.41, 5.74) is 22.0. The smallest absolute Gasteiger partial charge is 0.281 e. The van der Waals surface area contributed by atoms with Crippen LogP contribution < -0.4 is 44.2 Å². The molecule has 26 nitrogen and oxygen atoms in total. The van der Waals surface area contributed by atoms with Crippen LogP contribution >= 0.6 is 70.2 Å². The maximum absolute atomic E-state index is 12.5. The van der Waals surface area contributed by atoms with Crippen molar-refractivity contribution in [2.45, 2.75) is 45.3 Å². The third-order valence-electron chi connectivity index (χ3n) is 12.8. The van der Waals surface area contributed by atoms with E-state index in [1.165, 1.54) is 54.6 Å². The van der Waals surface area contributed by atoms with E-state index in [0.29, 0.717) is 51.9 Å². The van der Waals surface area contributed by atoms with Crippen molar-refractivity contribution in [2.75, 3.05) is 26.2 Å². The number of hydrogen-bond donors (Lipinski definition) is 8. The number of rotatable bonds is 26. The van der Waals surface area contributed by atoms with Crippen molar-refractivity contribution in [3.05, 3.63) is 269 Å². The van der Waals surface area contributed by atoms with Gasteiger partial charge in [-0.05, 0) is 138 Å². The Morgan fingerprint density at radius 3 is 0.990 bits per heavy atom. The molecule has 0 atom stereocenters. The van der Waals surface area contributed by atoms with E-state index < -0.39 is 50.4 Å². The van der Waals surface area contributed by atoms with Gasteiger partial charge in [0.15, 0.2) is 0 Å². The molecule has 12 N–H and O–H groups in total. The molecule has 8 aromatic rings. The number of hydrogen-bond acceptors (Lipinski definition) is 20. The molecule has 0 fully saturated rings. The fraction of sp³-hybridized carbons (Fsp3) is 0.118. The predicted octanol–water partition coefficient (Wildman–Crippen LogP) is 10.0. The van der Waals surface area contributed by atoms with E-state index in [4.69, 9.17) is 46.1 Å². The number of nitrogens with one attached hydrogen (secondary N) is 4. The molecule has 0 aromatic heterocycles. The molecule has 8 aromatic carbocycles. The number of non-ortho nitro benzene ring substituents is 1. The topological polar surface area (TPSA) is 443 Å². The van der Waals surface area contributed by atoms with E-state index in [-0.39, 0.29) is 113 Å². The largest absolute Gasteiger partial charge is 0.370 e. The molecular weight excluding hydrogens is 1410 g/mol. The molecule has 0 saturated carbocycles. The number of nitro benzene ring substituents is 2. The summed E-state index contributed by atoms with van der Waals surface area (Å²) in [5, 5.41) is 31.5. The Hall–Kier alpha value is -11.0. The molecule has 8 rings (SSSR count). The number of para-hydroxylation sites is 1. The second kappa shape index (κ2) is 41.3. The van der Waals surface area contributed by atoms with Crippen molar-refractivity contribution in [1.29, 1.82) is 0 Å². The number of amides is 8. The summed E-state index contributed by atoms with van der Waals surface area (Å²) < 4.78 is 0. The van der Waals surface area contributed by atoms with E-state index in [0.717, 1.165) is 47.0 Å². The standard InChI is InChI=1S/2C17H15ClN2O3S.2C17H15N3O5S/c18-13-7-3-1-5-11(13)17(23)24-14-8-4-2-6-12(14)16(22)20-10-9-15(19)21;18-12-5-3-4-11(10-12)17(23)24-14-7-2-1-6-13(14)16(22)20-9-8-15(19)21;18-15(21)9-10-19-16(22)12-6-2-4-8-14(12)26-17(23)11-5-1-3-7-13(11)20(24)25;18-15(21)9-10-19-16(22)13-3-1-2-4-14(13)26-17(23)11-5-7-12(8-6-11)20(24)25/h1-8H,9-10H2,(H2,19,21)(H,20,22);1-7,10H,8-9H2,(H2,19,21)(H,20,22);2*1-8H,9-10H2,(H2,18,21)(H,19,22). The summed E-state index contributed by atoms with van der Waals surface area (Å²) >= 11 is 15.4. The van der Waals surface area contributed by atoms with Gasteiger partial charge in [0.2, 0.25) is 44.1 Å². The van der Waals surface area contributed by atoms with Gasteiger partial charge in [-0.25, -0.2) is 0 Å². The summed E-state index contributed by atoms with van der Waals surface area (Å²) in [7, 11) is 0. The molecule has 0 aliphatic rings. The number of benzene rings is 8. The highest BCUT2D eigenvalue weighted by molar-refractivity contribution is 8.15. The summed E-state index contributed by atoms with van der Waals surface area (Å²) in [4.78, 5) is 164. The molecule has 0 saturated heterocycles. The lowest BCUT2D eigenvalue weighted by Crippen LogP contribution is -2.28. The van der Waals surface area contributed by atoms with Crippen LogP contribution in [-0.2, 0) is 19.2 Å². The van der Waals surface area contributed by atoms with Crippen LogP contribution in [0.3, 0.4) is 0 Å². The molecule has 0 aliphatic carbocycles. The molecule has 0 bridgehead atoms. The van der Waals surface area contributed by atoms with E-state index in [9.17, 15) is 77.8 Å². The Kier molecular flexibility index (Phi) is 32.9. The molecule has 0 radical (unpaired) electrons. The van der Waals surface area contributed by atoms with Crippen molar-refractivity contribution in [3.8, 4) is 0 Å². The Bertz CT molecular complexity index is 4380. The molecule has 516 valence electrons. The van der Waals surface area contributed by atoms with Crippen LogP contribution in [0.5, 0.6) is 0 Å². The summed E-state index contributed by atoms with van der Waals surface area (Å²) in [5.74, 6) is -3.68. The first-order chi connectivity index (χ1) is 47.7. The van der Waals surface area contributed by atoms with Crippen LogP contribution in [0.15, 0.2) is 214 Å². The summed E-state index contributed by atoms with van der Waals surface area (Å²) in [6.45, 7) is 0.468. The number of nitrogens with two attached hydrogens (primary N) is 4. The van der Waals surface area contributed by atoms with E-state index in [2.05, 4.69) is 21.3 Å². The van der Waals surface area contributed by atoms with Crippen molar-refractivity contribution in [1.82, 2.24) is 21.3 Å². The minimum Gasteiger partial charge on any atom is -0.370 e. The maximum Gasteiger partial charge on any atom is 0.281 e. The number of nitrogens with zero attached hydrogens (tertiary/aromatic N) is 2. The quantitative estimate of drug-likeness (QED) is 0.0142. The first-order valence-corrected chi connectivity index (χ1v) is 33.2. The van der Waals surface area contributed by atoms with Crippen molar-refractivity contribution >= 4 is 149 Å². The number of halogens is 2. The molecule has 0 unspecified atom stereocenters. The lowest BCUT2D eigenvalue weighted by Gasteiger charge is -2.09. The van der Waals surface area contributed by atoms with Crippen LogP contribution in [0.25, 0.3) is 0 Å². The van der Waals surface area contributed by atoms with Gasteiger partial charge < -0.3 is 44.2 Å². The average molecular weight is 1470 g/mol. The number of carbonyl (C=O) groups is 12. The second-order valence-corrected chi connectivity index (χ2v) is 24.9. The van der Waals surface area contributed by atoms with Crippen LogP contribution in [0.1, 0.15) is 109 Å². The van der Waals surface area contributed by atoms with Gasteiger partial charge in [-0.2, -0.15) is 0 Å². The third-order valence-corrected chi connectivity index (χ3v) is 17.3. The monoisotopic (exact) mass is 1470 g/mol. The fourth-order valence-corrected chi connectivity index (χ4v) is 12.0. The molecule has 100 heavy (non-hydrogen) atoms. The lowest BCUT2D eigenvalue weighted by molar-refractivity contribution is -0.385. The number of primary amides is 4. The summed E-state index contributed by atoms with van der Waals surface area (Å²) in [6, 6.07) is 50.6. The highest BCUT2D eigenvalue weighted by atomic mass is 35.5. The first kappa shape index (κ1) is 79.7. The molecule has 0 aliphatic heterocycles. The number of carbonyl (C=O) groups excluding carboxylic acids is 12. The average Bonchev–Trinajstić information content (AvgIpc) is 0.861. The number of nitro groups is 2. The van der Waals surface area contributed by atoms with Crippen molar-refractivity contribution < 1.29 is 67.4 Å². The zero-order chi connectivity index (χ0) is 73.3. The molecule has 8 amide bonds. The Morgan fingerprint density at radius 1 is 0.340 bits per heavy atom. The van der Waals surface area contributed by atoms with Crippen LogP contribution in [-0.4, -0.2) is 104 Å². The Balaban J connectivity index is 0.000000241. The molecular formula is C68H60Cl2N10O16S4. The maximum atomic E-state index is 12.5. The zero-order valence-corrected chi connectivity index (χ0v) is 57.0. The van der Waals surface area contributed by atoms with Gasteiger partial charge in [0.25, 0.3) is 35.0 Å². The molecule has 32 heteroatoms. The van der Waals surface area contributed by atoms with E-state index in [1.807, 2.05) is 0 Å². The fourth-order valence-electron chi connectivity index (χ4n) is 7.94. The van der Waals surface area contributed by atoms with Gasteiger partial charge >= 0.3 is 0 Å². The zero-order valence-electron chi connectivity index (χ0n) is 52.3. The van der Waals surface area contributed by atoms with Crippen molar-refractivity contribution in [2.24, 2.45) is 22.9 Å². The highest BCUT2D eigenvalue weighted by Gasteiger charge is 2.24.